The van der Waals surface area contributed by atoms with E-state index in [0.29, 0.717) is 19.0 Å². The lowest BCUT2D eigenvalue weighted by Gasteiger charge is -2.21. The number of rotatable bonds is 6. The fraction of sp³-hybridized carbons (Fsp3) is 0.571. The van der Waals surface area contributed by atoms with Crippen molar-refractivity contribution < 1.29 is 4.79 Å². The summed E-state index contributed by atoms with van der Waals surface area (Å²) >= 11 is 0. The van der Waals surface area contributed by atoms with Crippen LogP contribution in [0.1, 0.15) is 25.0 Å². The number of pyridine rings is 1. The average Bonchev–Trinajstić information content (AvgIpc) is 2.36. The molecule has 19 heavy (non-hydrogen) atoms. The Balaban J connectivity index is 2.70. The van der Waals surface area contributed by atoms with Crippen LogP contribution in [0.2, 0.25) is 0 Å². The van der Waals surface area contributed by atoms with Crippen LogP contribution in [0.5, 0.6) is 0 Å². The molecule has 106 valence electrons. The lowest BCUT2D eigenvalue weighted by Crippen LogP contribution is -2.37. The SMILES string of the molecule is Cc1ccnc(N(C)CC(=O)NCC(C)C)c1CN. The minimum atomic E-state index is 0.00229. The zero-order valence-electron chi connectivity index (χ0n) is 12.2. The number of nitrogens with two attached hydrogens (primary N) is 1. The van der Waals surface area contributed by atoms with Crippen LogP contribution < -0.4 is 16.0 Å². The van der Waals surface area contributed by atoms with E-state index in [9.17, 15) is 4.79 Å². The molecule has 0 saturated carbocycles. The number of hydrogen-bond acceptors (Lipinski definition) is 4. The molecule has 0 atom stereocenters. The average molecular weight is 264 g/mol. The van der Waals surface area contributed by atoms with E-state index in [4.69, 9.17) is 5.73 Å². The van der Waals surface area contributed by atoms with Gasteiger partial charge in [-0.25, -0.2) is 4.98 Å². The van der Waals surface area contributed by atoms with Gasteiger partial charge in [-0.2, -0.15) is 0 Å². The van der Waals surface area contributed by atoms with Crippen molar-refractivity contribution in [1.82, 2.24) is 10.3 Å². The molecule has 0 unspecified atom stereocenters. The molecule has 0 aliphatic carbocycles. The maximum Gasteiger partial charge on any atom is 0.239 e. The van der Waals surface area contributed by atoms with Gasteiger partial charge in [0.2, 0.25) is 5.91 Å². The third-order valence-corrected chi connectivity index (χ3v) is 2.92. The van der Waals surface area contributed by atoms with Crippen molar-refractivity contribution in [2.75, 3.05) is 25.0 Å². The Bertz CT molecular complexity index is 431. The number of aryl methyl sites for hydroxylation is 1. The summed E-state index contributed by atoms with van der Waals surface area (Å²) in [6.07, 6.45) is 1.74. The second kappa shape index (κ2) is 7.09. The number of anilines is 1. The zero-order valence-corrected chi connectivity index (χ0v) is 12.2. The number of likely N-dealkylation sites (N-methyl/N-ethyl adjacent to an activating group) is 1. The first-order valence-corrected chi connectivity index (χ1v) is 6.58. The van der Waals surface area contributed by atoms with Crippen molar-refractivity contribution >= 4 is 11.7 Å². The Morgan fingerprint density at radius 2 is 2.21 bits per heavy atom. The second-order valence-electron chi connectivity index (χ2n) is 5.19. The van der Waals surface area contributed by atoms with Crippen molar-refractivity contribution in [2.24, 2.45) is 11.7 Å². The lowest BCUT2D eigenvalue weighted by atomic mass is 10.1. The molecule has 1 aromatic rings. The smallest absolute Gasteiger partial charge is 0.239 e. The molecule has 0 spiro atoms. The highest BCUT2D eigenvalue weighted by atomic mass is 16.2. The van der Waals surface area contributed by atoms with Gasteiger partial charge in [0, 0.05) is 31.9 Å². The Labute approximate surface area is 115 Å². The van der Waals surface area contributed by atoms with Gasteiger partial charge in [0.05, 0.1) is 6.54 Å². The van der Waals surface area contributed by atoms with Crippen molar-refractivity contribution in [3.63, 3.8) is 0 Å². The predicted octanol–water partition coefficient (Wildman–Crippen LogP) is 1.06. The molecular formula is C14H24N4O. The van der Waals surface area contributed by atoms with Crippen LogP contribution in [0.15, 0.2) is 12.3 Å². The summed E-state index contributed by atoms with van der Waals surface area (Å²) in [5.41, 5.74) is 7.84. The molecular weight excluding hydrogens is 240 g/mol. The fourth-order valence-corrected chi connectivity index (χ4v) is 1.82. The zero-order chi connectivity index (χ0) is 14.4. The Morgan fingerprint density at radius 3 is 2.79 bits per heavy atom. The van der Waals surface area contributed by atoms with Gasteiger partial charge in [-0.15, -0.1) is 0 Å². The topological polar surface area (TPSA) is 71.2 Å². The molecule has 0 saturated heterocycles. The monoisotopic (exact) mass is 264 g/mol. The van der Waals surface area contributed by atoms with Gasteiger partial charge in [0.25, 0.3) is 0 Å². The summed E-state index contributed by atoms with van der Waals surface area (Å²) in [6.45, 7) is 7.54. The lowest BCUT2D eigenvalue weighted by molar-refractivity contribution is -0.119. The molecule has 0 aliphatic rings. The molecule has 3 N–H and O–H groups in total. The highest BCUT2D eigenvalue weighted by Gasteiger charge is 2.13. The van der Waals surface area contributed by atoms with E-state index in [1.54, 1.807) is 6.20 Å². The van der Waals surface area contributed by atoms with E-state index < -0.39 is 0 Å². The molecule has 1 rings (SSSR count). The van der Waals surface area contributed by atoms with Gasteiger partial charge in [0.15, 0.2) is 0 Å². The van der Waals surface area contributed by atoms with Crippen molar-refractivity contribution in [1.29, 1.82) is 0 Å². The van der Waals surface area contributed by atoms with Gasteiger partial charge in [-0.1, -0.05) is 13.8 Å². The highest BCUT2D eigenvalue weighted by molar-refractivity contribution is 5.81. The second-order valence-corrected chi connectivity index (χ2v) is 5.19. The van der Waals surface area contributed by atoms with Gasteiger partial charge in [-0.3, -0.25) is 4.79 Å². The maximum atomic E-state index is 11.8. The summed E-state index contributed by atoms with van der Waals surface area (Å²) in [6, 6.07) is 1.93. The quantitative estimate of drug-likeness (QED) is 0.806. The molecule has 5 nitrogen and oxygen atoms in total. The highest BCUT2D eigenvalue weighted by Crippen LogP contribution is 2.18. The number of nitrogens with one attached hydrogen (secondary N) is 1. The Kier molecular flexibility index (Phi) is 5.76. The summed E-state index contributed by atoms with van der Waals surface area (Å²) < 4.78 is 0. The van der Waals surface area contributed by atoms with Crippen LogP contribution in [0.25, 0.3) is 0 Å². The van der Waals surface area contributed by atoms with Crippen LogP contribution in [-0.2, 0) is 11.3 Å². The maximum absolute atomic E-state index is 11.8. The third-order valence-electron chi connectivity index (χ3n) is 2.92. The summed E-state index contributed by atoms with van der Waals surface area (Å²) in [4.78, 5) is 18.0. The van der Waals surface area contributed by atoms with Crippen LogP contribution in [0.3, 0.4) is 0 Å². The third kappa shape index (κ3) is 4.52. The fourth-order valence-electron chi connectivity index (χ4n) is 1.82. The van der Waals surface area contributed by atoms with E-state index in [0.717, 1.165) is 16.9 Å². The largest absolute Gasteiger partial charge is 0.354 e. The number of carbonyl (C=O) groups is 1. The summed E-state index contributed by atoms with van der Waals surface area (Å²) in [5, 5.41) is 2.90. The number of amides is 1. The van der Waals surface area contributed by atoms with Crippen molar-refractivity contribution in [2.45, 2.75) is 27.3 Å². The van der Waals surface area contributed by atoms with Gasteiger partial charge in [0.1, 0.15) is 5.82 Å². The van der Waals surface area contributed by atoms with Gasteiger partial charge < -0.3 is 16.0 Å². The first-order valence-electron chi connectivity index (χ1n) is 6.58. The summed E-state index contributed by atoms with van der Waals surface area (Å²) in [7, 11) is 1.86. The number of nitrogens with zero attached hydrogens (tertiary/aromatic N) is 2. The first-order chi connectivity index (χ1) is 8.95. The predicted molar refractivity (Wildman–Crippen MR) is 78.0 cm³/mol. The summed E-state index contributed by atoms with van der Waals surface area (Å²) in [5.74, 6) is 1.23. The van der Waals surface area contributed by atoms with Crippen LogP contribution in [-0.4, -0.2) is 31.0 Å². The normalized spacial score (nSPS) is 10.6. The molecule has 0 fully saturated rings. The molecule has 5 heteroatoms. The van der Waals surface area contributed by atoms with E-state index in [1.165, 1.54) is 0 Å². The van der Waals surface area contributed by atoms with Crippen molar-refractivity contribution in [3.05, 3.63) is 23.4 Å². The van der Waals surface area contributed by atoms with Crippen LogP contribution in [0.4, 0.5) is 5.82 Å². The first kappa shape index (κ1) is 15.4. The van der Waals surface area contributed by atoms with E-state index in [2.05, 4.69) is 24.1 Å². The Morgan fingerprint density at radius 1 is 1.53 bits per heavy atom. The van der Waals surface area contributed by atoms with E-state index in [-0.39, 0.29) is 12.5 Å². The minimum Gasteiger partial charge on any atom is -0.354 e. The van der Waals surface area contributed by atoms with Crippen molar-refractivity contribution in [3.8, 4) is 0 Å². The molecule has 0 radical (unpaired) electrons. The number of carbonyl (C=O) groups excluding carboxylic acids is 1. The molecule has 0 aromatic carbocycles. The Hall–Kier alpha value is -1.62. The van der Waals surface area contributed by atoms with E-state index >= 15 is 0 Å². The molecule has 0 bridgehead atoms. The number of aromatic nitrogens is 1. The van der Waals surface area contributed by atoms with Crippen LogP contribution in [0, 0.1) is 12.8 Å². The van der Waals surface area contributed by atoms with Gasteiger partial charge >= 0.3 is 0 Å². The molecule has 1 amide bonds. The van der Waals surface area contributed by atoms with Crippen LogP contribution >= 0.6 is 0 Å². The standard InChI is InChI=1S/C14H24N4O/c1-10(2)8-17-13(19)9-18(4)14-12(7-15)11(3)5-6-16-14/h5-6,10H,7-9,15H2,1-4H3,(H,17,19). The molecule has 0 aliphatic heterocycles. The number of hydrogen-bond donors (Lipinski definition) is 2. The van der Waals surface area contributed by atoms with E-state index in [1.807, 2.05) is 24.9 Å². The minimum absolute atomic E-state index is 0.00229. The molecule has 1 heterocycles. The van der Waals surface area contributed by atoms with Gasteiger partial charge in [-0.05, 0) is 24.5 Å². The molecule has 1 aromatic heterocycles.